The highest BCUT2D eigenvalue weighted by molar-refractivity contribution is 5.87. The Morgan fingerprint density at radius 3 is 2.56 bits per heavy atom. The van der Waals surface area contributed by atoms with Crippen LogP contribution in [0.1, 0.15) is 48.9 Å². The van der Waals surface area contributed by atoms with E-state index in [1.54, 1.807) is 6.07 Å². The van der Waals surface area contributed by atoms with Crippen LogP contribution in [-0.2, 0) is 0 Å². The number of aromatic carboxylic acids is 1. The highest BCUT2D eigenvalue weighted by atomic mass is 16.5. The third kappa shape index (κ3) is 3.72. The molecule has 1 aliphatic rings. The molecular weight excluding hydrogens is 230 g/mol. The Kier molecular flexibility index (Phi) is 4.56. The van der Waals surface area contributed by atoms with Gasteiger partial charge in [-0.15, -0.1) is 0 Å². The van der Waals surface area contributed by atoms with Crippen molar-refractivity contribution in [2.24, 2.45) is 5.92 Å². The standard InChI is InChI=1S/C14H19NO3/c16-14(17)12-7-8-13(15-9-12)18-10-11-5-3-1-2-4-6-11/h7-9,11H,1-6,10H2,(H,16,17). The molecule has 1 fully saturated rings. The van der Waals surface area contributed by atoms with Gasteiger partial charge in [0.2, 0.25) is 5.88 Å². The molecule has 1 N–H and O–H groups in total. The molecular formula is C14H19NO3. The van der Waals surface area contributed by atoms with Crippen LogP contribution < -0.4 is 4.74 Å². The van der Waals surface area contributed by atoms with Gasteiger partial charge in [-0.2, -0.15) is 0 Å². The topological polar surface area (TPSA) is 59.4 Å². The fourth-order valence-corrected chi connectivity index (χ4v) is 2.33. The third-order valence-corrected chi connectivity index (χ3v) is 3.42. The van der Waals surface area contributed by atoms with Crippen LogP contribution in [0.3, 0.4) is 0 Å². The van der Waals surface area contributed by atoms with Gasteiger partial charge in [-0.1, -0.05) is 25.7 Å². The van der Waals surface area contributed by atoms with Crippen molar-refractivity contribution in [1.82, 2.24) is 4.98 Å². The van der Waals surface area contributed by atoms with E-state index < -0.39 is 5.97 Å². The minimum atomic E-state index is -0.960. The molecule has 4 heteroatoms. The van der Waals surface area contributed by atoms with Crippen LogP contribution in [-0.4, -0.2) is 22.7 Å². The van der Waals surface area contributed by atoms with Gasteiger partial charge in [-0.3, -0.25) is 0 Å². The number of rotatable bonds is 4. The number of carboxylic acid groups (broad SMARTS) is 1. The summed E-state index contributed by atoms with van der Waals surface area (Å²) in [7, 11) is 0. The summed E-state index contributed by atoms with van der Waals surface area (Å²) in [6.45, 7) is 0.694. The van der Waals surface area contributed by atoms with Crippen molar-refractivity contribution in [3.8, 4) is 5.88 Å². The van der Waals surface area contributed by atoms with Crippen molar-refractivity contribution < 1.29 is 14.6 Å². The molecule has 1 aromatic rings. The van der Waals surface area contributed by atoms with Crippen LogP contribution >= 0.6 is 0 Å². The lowest BCUT2D eigenvalue weighted by molar-refractivity contribution is 0.0696. The fourth-order valence-electron chi connectivity index (χ4n) is 2.33. The van der Waals surface area contributed by atoms with Crippen LogP contribution in [0, 0.1) is 5.92 Å². The van der Waals surface area contributed by atoms with Crippen molar-refractivity contribution in [2.45, 2.75) is 38.5 Å². The van der Waals surface area contributed by atoms with E-state index in [9.17, 15) is 4.79 Å². The van der Waals surface area contributed by atoms with Crippen LogP contribution in [0.2, 0.25) is 0 Å². The molecule has 0 spiro atoms. The summed E-state index contributed by atoms with van der Waals surface area (Å²) in [6, 6.07) is 3.15. The summed E-state index contributed by atoms with van der Waals surface area (Å²) in [5.74, 6) is 0.176. The lowest BCUT2D eigenvalue weighted by atomic mass is 10.0. The van der Waals surface area contributed by atoms with E-state index in [0.29, 0.717) is 18.4 Å². The van der Waals surface area contributed by atoms with Gasteiger partial charge < -0.3 is 9.84 Å². The first-order chi connectivity index (χ1) is 8.75. The molecule has 1 aromatic heterocycles. The Hall–Kier alpha value is -1.58. The Morgan fingerprint density at radius 1 is 1.28 bits per heavy atom. The monoisotopic (exact) mass is 249 g/mol. The zero-order valence-electron chi connectivity index (χ0n) is 10.5. The highest BCUT2D eigenvalue weighted by Crippen LogP contribution is 2.23. The maximum atomic E-state index is 10.7. The van der Waals surface area contributed by atoms with Gasteiger partial charge >= 0.3 is 5.97 Å². The van der Waals surface area contributed by atoms with E-state index >= 15 is 0 Å². The molecule has 2 rings (SSSR count). The Bertz CT molecular complexity index is 381. The molecule has 0 atom stereocenters. The predicted molar refractivity (Wildman–Crippen MR) is 67.9 cm³/mol. The Labute approximate surface area is 107 Å². The van der Waals surface area contributed by atoms with E-state index in [2.05, 4.69) is 4.98 Å². The normalized spacial score (nSPS) is 17.1. The molecule has 0 amide bonds. The fraction of sp³-hybridized carbons (Fsp3) is 0.571. The summed E-state index contributed by atoms with van der Waals surface area (Å²) in [5.41, 5.74) is 0.191. The minimum Gasteiger partial charge on any atom is -0.478 e. The van der Waals surface area contributed by atoms with E-state index in [0.717, 1.165) is 0 Å². The number of carbonyl (C=O) groups is 1. The van der Waals surface area contributed by atoms with Gasteiger partial charge in [-0.05, 0) is 24.8 Å². The number of carboxylic acids is 1. The maximum absolute atomic E-state index is 10.7. The molecule has 0 aromatic carbocycles. The molecule has 1 saturated carbocycles. The van der Waals surface area contributed by atoms with Crippen molar-refractivity contribution >= 4 is 5.97 Å². The second-order valence-corrected chi connectivity index (χ2v) is 4.86. The molecule has 98 valence electrons. The Morgan fingerprint density at radius 2 is 2.00 bits per heavy atom. The maximum Gasteiger partial charge on any atom is 0.337 e. The van der Waals surface area contributed by atoms with Crippen molar-refractivity contribution in [1.29, 1.82) is 0 Å². The molecule has 0 radical (unpaired) electrons. The number of nitrogens with zero attached hydrogens (tertiary/aromatic N) is 1. The summed E-state index contributed by atoms with van der Waals surface area (Å²) >= 11 is 0. The largest absolute Gasteiger partial charge is 0.478 e. The van der Waals surface area contributed by atoms with Crippen molar-refractivity contribution in [3.05, 3.63) is 23.9 Å². The molecule has 0 unspecified atom stereocenters. The first kappa shape index (κ1) is 12.9. The number of ether oxygens (including phenoxy) is 1. The first-order valence-corrected chi connectivity index (χ1v) is 6.58. The second-order valence-electron chi connectivity index (χ2n) is 4.86. The average Bonchev–Trinajstić information content (AvgIpc) is 2.65. The second kappa shape index (κ2) is 6.38. The smallest absolute Gasteiger partial charge is 0.337 e. The Balaban J connectivity index is 1.83. The number of hydrogen-bond donors (Lipinski definition) is 1. The lowest BCUT2D eigenvalue weighted by Gasteiger charge is -2.14. The van der Waals surface area contributed by atoms with Gasteiger partial charge in [0.25, 0.3) is 0 Å². The lowest BCUT2D eigenvalue weighted by Crippen LogP contribution is -2.12. The summed E-state index contributed by atoms with van der Waals surface area (Å²) < 4.78 is 5.63. The van der Waals surface area contributed by atoms with E-state index in [1.165, 1.54) is 50.8 Å². The third-order valence-electron chi connectivity index (χ3n) is 3.42. The zero-order valence-corrected chi connectivity index (χ0v) is 10.5. The van der Waals surface area contributed by atoms with Crippen LogP contribution in [0.15, 0.2) is 18.3 Å². The number of pyridine rings is 1. The molecule has 0 aliphatic heterocycles. The van der Waals surface area contributed by atoms with E-state index in [-0.39, 0.29) is 5.56 Å². The molecule has 0 bridgehead atoms. The first-order valence-electron chi connectivity index (χ1n) is 6.58. The molecule has 1 aliphatic carbocycles. The van der Waals surface area contributed by atoms with Gasteiger partial charge in [0.05, 0.1) is 12.2 Å². The minimum absolute atomic E-state index is 0.191. The summed E-state index contributed by atoms with van der Waals surface area (Å²) in [5, 5.41) is 8.76. The summed E-state index contributed by atoms with van der Waals surface area (Å²) in [6.07, 6.45) is 9.05. The molecule has 1 heterocycles. The average molecular weight is 249 g/mol. The molecule has 0 saturated heterocycles. The highest BCUT2D eigenvalue weighted by Gasteiger charge is 2.13. The van der Waals surface area contributed by atoms with Crippen molar-refractivity contribution in [3.63, 3.8) is 0 Å². The molecule has 4 nitrogen and oxygen atoms in total. The number of aromatic nitrogens is 1. The van der Waals surface area contributed by atoms with Crippen molar-refractivity contribution in [2.75, 3.05) is 6.61 Å². The van der Waals surface area contributed by atoms with Gasteiger partial charge in [0, 0.05) is 12.3 Å². The van der Waals surface area contributed by atoms with E-state index in [4.69, 9.17) is 9.84 Å². The van der Waals surface area contributed by atoms with Crippen LogP contribution in [0.4, 0.5) is 0 Å². The summed E-state index contributed by atoms with van der Waals surface area (Å²) in [4.78, 5) is 14.7. The van der Waals surface area contributed by atoms with Gasteiger partial charge in [-0.25, -0.2) is 9.78 Å². The van der Waals surface area contributed by atoms with E-state index in [1.807, 2.05) is 0 Å². The zero-order chi connectivity index (χ0) is 12.8. The van der Waals surface area contributed by atoms with Gasteiger partial charge in [0.1, 0.15) is 0 Å². The van der Waals surface area contributed by atoms with Crippen LogP contribution in [0.5, 0.6) is 5.88 Å². The quantitative estimate of drug-likeness (QED) is 0.833. The SMILES string of the molecule is O=C(O)c1ccc(OCC2CCCCCC2)nc1. The molecule has 18 heavy (non-hydrogen) atoms. The predicted octanol–water partition coefficient (Wildman–Crippen LogP) is 3.13. The van der Waals surface area contributed by atoms with Crippen LogP contribution in [0.25, 0.3) is 0 Å². The van der Waals surface area contributed by atoms with Gasteiger partial charge in [0.15, 0.2) is 0 Å². The number of hydrogen-bond acceptors (Lipinski definition) is 3.